The average Bonchev–Trinajstić information content (AvgIpc) is 2.55. The predicted octanol–water partition coefficient (Wildman–Crippen LogP) is -0.138. The lowest BCUT2D eigenvalue weighted by Gasteiger charge is -2.07. The van der Waals surface area contributed by atoms with Gasteiger partial charge < -0.3 is 25.3 Å². The van der Waals surface area contributed by atoms with Crippen LogP contribution in [0.3, 0.4) is 0 Å². The van der Waals surface area contributed by atoms with Gasteiger partial charge in [-0.15, -0.1) is 0 Å². The molecular formula is C15H18N2O6. The van der Waals surface area contributed by atoms with E-state index in [9.17, 15) is 14.4 Å². The first-order valence-electron chi connectivity index (χ1n) is 6.58. The van der Waals surface area contributed by atoms with Crippen LogP contribution in [0.2, 0.25) is 0 Å². The highest BCUT2D eigenvalue weighted by atomic mass is 16.5. The summed E-state index contributed by atoms with van der Waals surface area (Å²) in [5.41, 5.74) is 5.48. The van der Waals surface area contributed by atoms with Crippen molar-refractivity contribution in [1.82, 2.24) is 5.32 Å². The van der Waals surface area contributed by atoms with Crippen molar-refractivity contribution in [2.45, 2.75) is 0 Å². The van der Waals surface area contributed by atoms with E-state index in [0.29, 0.717) is 17.1 Å². The third kappa shape index (κ3) is 6.51. The van der Waals surface area contributed by atoms with Crippen LogP contribution >= 0.6 is 0 Å². The van der Waals surface area contributed by atoms with Gasteiger partial charge in [-0.05, 0) is 24.3 Å². The van der Waals surface area contributed by atoms with Crippen LogP contribution in [0.5, 0.6) is 11.5 Å². The number of benzene rings is 1. The number of methoxy groups -OCH3 is 2. The summed E-state index contributed by atoms with van der Waals surface area (Å²) in [6.07, 6.45) is 2.63. The number of primary amides is 1. The summed E-state index contributed by atoms with van der Waals surface area (Å²) >= 11 is 0. The molecule has 0 bridgehead atoms. The second-order valence-electron chi connectivity index (χ2n) is 4.29. The molecule has 23 heavy (non-hydrogen) atoms. The molecule has 3 N–H and O–H groups in total. The van der Waals surface area contributed by atoms with Gasteiger partial charge >= 0.3 is 5.97 Å². The molecular weight excluding hydrogens is 304 g/mol. The molecule has 0 fully saturated rings. The SMILES string of the molecule is COc1ccc(OC)c(/C=C/C(=O)OCC(=O)NCC(N)=O)c1. The van der Waals surface area contributed by atoms with Crippen molar-refractivity contribution in [1.29, 1.82) is 0 Å². The number of hydrogen-bond acceptors (Lipinski definition) is 6. The lowest BCUT2D eigenvalue weighted by Crippen LogP contribution is -2.35. The zero-order chi connectivity index (χ0) is 17.2. The van der Waals surface area contributed by atoms with Crippen molar-refractivity contribution >= 4 is 23.9 Å². The second-order valence-corrected chi connectivity index (χ2v) is 4.29. The van der Waals surface area contributed by atoms with Gasteiger partial charge in [0.15, 0.2) is 6.61 Å². The van der Waals surface area contributed by atoms with E-state index in [1.54, 1.807) is 18.2 Å². The van der Waals surface area contributed by atoms with Gasteiger partial charge in [0.25, 0.3) is 5.91 Å². The number of carbonyl (C=O) groups excluding carboxylic acids is 3. The topological polar surface area (TPSA) is 117 Å². The van der Waals surface area contributed by atoms with Crippen molar-refractivity contribution in [3.63, 3.8) is 0 Å². The Bertz CT molecular complexity index is 612. The van der Waals surface area contributed by atoms with Gasteiger partial charge in [-0.2, -0.15) is 0 Å². The number of ether oxygens (including phenoxy) is 3. The molecule has 1 aromatic rings. The molecule has 0 spiro atoms. The van der Waals surface area contributed by atoms with Crippen LogP contribution in [-0.2, 0) is 19.1 Å². The maximum atomic E-state index is 11.6. The van der Waals surface area contributed by atoms with Crippen LogP contribution in [0.25, 0.3) is 6.08 Å². The highest BCUT2D eigenvalue weighted by Crippen LogP contribution is 2.24. The van der Waals surface area contributed by atoms with Crippen molar-refractivity contribution in [3.8, 4) is 11.5 Å². The highest BCUT2D eigenvalue weighted by Gasteiger charge is 2.07. The van der Waals surface area contributed by atoms with E-state index < -0.39 is 24.4 Å². The average molecular weight is 322 g/mol. The summed E-state index contributed by atoms with van der Waals surface area (Å²) in [4.78, 5) is 33.3. The van der Waals surface area contributed by atoms with E-state index in [1.807, 2.05) is 0 Å². The molecule has 2 amide bonds. The summed E-state index contributed by atoms with van der Waals surface area (Å²) in [5.74, 6) is -0.873. The van der Waals surface area contributed by atoms with Crippen molar-refractivity contribution in [3.05, 3.63) is 29.8 Å². The van der Waals surface area contributed by atoms with Crippen LogP contribution in [0.1, 0.15) is 5.56 Å². The summed E-state index contributed by atoms with van der Waals surface area (Å²) in [6.45, 7) is -0.821. The summed E-state index contributed by atoms with van der Waals surface area (Å²) in [7, 11) is 3.02. The highest BCUT2D eigenvalue weighted by molar-refractivity contribution is 5.90. The smallest absolute Gasteiger partial charge is 0.331 e. The van der Waals surface area contributed by atoms with Crippen LogP contribution in [-0.4, -0.2) is 45.2 Å². The minimum Gasteiger partial charge on any atom is -0.497 e. The lowest BCUT2D eigenvalue weighted by atomic mass is 10.1. The Morgan fingerprint density at radius 2 is 1.96 bits per heavy atom. The van der Waals surface area contributed by atoms with Crippen LogP contribution in [0.15, 0.2) is 24.3 Å². The van der Waals surface area contributed by atoms with Gasteiger partial charge in [-0.1, -0.05) is 0 Å². The van der Waals surface area contributed by atoms with Crippen LogP contribution in [0.4, 0.5) is 0 Å². The Hall–Kier alpha value is -3.03. The molecule has 0 radical (unpaired) electrons. The van der Waals surface area contributed by atoms with Gasteiger partial charge in [0.2, 0.25) is 5.91 Å². The lowest BCUT2D eigenvalue weighted by molar-refractivity contribution is -0.143. The van der Waals surface area contributed by atoms with Gasteiger partial charge in [-0.3, -0.25) is 9.59 Å². The number of rotatable bonds is 8. The number of hydrogen-bond donors (Lipinski definition) is 2. The molecule has 0 aliphatic rings. The first-order valence-corrected chi connectivity index (χ1v) is 6.58. The maximum Gasteiger partial charge on any atom is 0.331 e. The molecule has 8 heteroatoms. The van der Waals surface area contributed by atoms with Crippen LogP contribution < -0.4 is 20.5 Å². The third-order valence-corrected chi connectivity index (χ3v) is 2.64. The molecule has 0 aliphatic heterocycles. The molecule has 0 unspecified atom stereocenters. The number of nitrogens with two attached hydrogens (primary N) is 1. The number of esters is 1. The molecule has 0 heterocycles. The van der Waals surface area contributed by atoms with E-state index in [2.05, 4.69) is 5.32 Å². The second kappa shape index (κ2) is 9.08. The summed E-state index contributed by atoms with van der Waals surface area (Å²) in [6, 6.07) is 5.10. The van der Waals surface area contributed by atoms with Gasteiger partial charge in [0, 0.05) is 11.6 Å². The fourth-order valence-electron chi connectivity index (χ4n) is 1.55. The molecule has 1 rings (SSSR count). The van der Waals surface area contributed by atoms with E-state index in [0.717, 1.165) is 6.08 Å². The van der Waals surface area contributed by atoms with E-state index in [1.165, 1.54) is 20.3 Å². The predicted molar refractivity (Wildman–Crippen MR) is 81.7 cm³/mol. The zero-order valence-corrected chi connectivity index (χ0v) is 12.8. The molecule has 0 aromatic heterocycles. The van der Waals surface area contributed by atoms with Gasteiger partial charge in [0.1, 0.15) is 11.5 Å². The number of nitrogens with one attached hydrogen (secondary N) is 1. The zero-order valence-electron chi connectivity index (χ0n) is 12.8. The molecule has 124 valence electrons. The Morgan fingerprint density at radius 3 is 2.57 bits per heavy atom. The Balaban J connectivity index is 2.58. The van der Waals surface area contributed by atoms with E-state index in [4.69, 9.17) is 19.9 Å². The number of amides is 2. The van der Waals surface area contributed by atoms with Crippen molar-refractivity contribution < 1.29 is 28.6 Å². The Morgan fingerprint density at radius 1 is 1.22 bits per heavy atom. The van der Waals surface area contributed by atoms with Gasteiger partial charge in [-0.25, -0.2) is 4.79 Å². The largest absolute Gasteiger partial charge is 0.497 e. The van der Waals surface area contributed by atoms with E-state index in [-0.39, 0.29) is 6.54 Å². The summed E-state index contributed by atoms with van der Waals surface area (Å²) < 4.78 is 15.0. The fraction of sp³-hybridized carbons (Fsp3) is 0.267. The maximum absolute atomic E-state index is 11.6. The fourth-order valence-corrected chi connectivity index (χ4v) is 1.55. The quantitative estimate of drug-likeness (QED) is 0.508. The Kier molecular flexibility index (Phi) is 7.12. The van der Waals surface area contributed by atoms with Crippen molar-refractivity contribution in [2.75, 3.05) is 27.4 Å². The molecule has 0 atom stereocenters. The molecule has 0 saturated heterocycles. The van der Waals surface area contributed by atoms with Crippen LogP contribution in [0, 0.1) is 0 Å². The molecule has 8 nitrogen and oxygen atoms in total. The third-order valence-electron chi connectivity index (χ3n) is 2.64. The normalized spacial score (nSPS) is 10.2. The standard InChI is InChI=1S/C15H18N2O6/c1-21-11-4-5-12(22-2)10(7-11)3-6-15(20)23-9-14(19)17-8-13(16)18/h3-7H,8-9H2,1-2H3,(H2,16,18)(H,17,19)/b6-3+. The minimum absolute atomic E-state index is 0.312. The first-order chi connectivity index (χ1) is 11.0. The first kappa shape index (κ1) is 18.0. The Labute approximate surface area is 133 Å². The summed E-state index contributed by atoms with van der Waals surface area (Å²) in [5, 5.41) is 2.19. The molecule has 0 saturated carbocycles. The number of carbonyl (C=O) groups is 3. The molecule has 0 aliphatic carbocycles. The minimum atomic E-state index is -0.718. The van der Waals surface area contributed by atoms with Crippen molar-refractivity contribution in [2.24, 2.45) is 5.73 Å². The molecule has 1 aromatic carbocycles. The monoisotopic (exact) mass is 322 g/mol. The van der Waals surface area contributed by atoms with E-state index >= 15 is 0 Å². The van der Waals surface area contributed by atoms with Gasteiger partial charge in [0.05, 0.1) is 20.8 Å².